The molecule has 2 nitrogen and oxygen atoms in total. The van der Waals surface area contributed by atoms with Gasteiger partial charge in [-0.3, -0.25) is 0 Å². The number of hydrogen-bond donors (Lipinski definition) is 1. The molecule has 0 atom stereocenters. The molecular weight excluding hydrogens is 312 g/mol. The summed E-state index contributed by atoms with van der Waals surface area (Å²) in [4.78, 5) is 0. The van der Waals surface area contributed by atoms with Crippen LogP contribution in [-0.4, -0.2) is 0 Å². The molecule has 0 spiro atoms. The van der Waals surface area contributed by atoms with Crippen LogP contribution in [0.1, 0.15) is 11.1 Å². The van der Waals surface area contributed by atoms with Crippen LogP contribution in [0.2, 0.25) is 0 Å². The Kier molecular flexibility index (Phi) is 3.95. The van der Waals surface area contributed by atoms with Crippen molar-refractivity contribution < 1.29 is 31.1 Å². The van der Waals surface area contributed by atoms with Crippen LogP contribution >= 0.6 is 0 Å². The SMILES string of the molecule is Nc1cccc(Oc2ccc(C(F)(F)F)c(C(F)(F)F)c2)c1. The zero-order chi connectivity index (χ0) is 16.5. The van der Waals surface area contributed by atoms with Gasteiger partial charge < -0.3 is 10.5 Å². The number of nitrogen functional groups attached to an aromatic ring is 1. The van der Waals surface area contributed by atoms with Gasteiger partial charge in [-0.05, 0) is 30.3 Å². The fourth-order valence-corrected chi connectivity index (χ4v) is 1.78. The van der Waals surface area contributed by atoms with Crippen molar-refractivity contribution in [3.8, 4) is 11.5 Å². The normalized spacial score (nSPS) is 12.3. The first-order chi connectivity index (χ1) is 10.1. The molecule has 0 heterocycles. The lowest BCUT2D eigenvalue weighted by atomic mass is 10.1. The third kappa shape index (κ3) is 3.63. The summed E-state index contributed by atoms with van der Waals surface area (Å²) in [5.41, 5.74) is 2.22. The van der Waals surface area contributed by atoms with Crippen LogP contribution in [0.3, 0.4) is 0 Å². The van der Waals surface area contributed by atoms with Crippen LogP contribution in [0, 0.1) is 0 Å². The molecule has 2 N–H and O–H groups in total. The highest BCUT2D eigenvalue weighted by molar-refractivity contribution is 5.46. The summed E-state index contributed by atoms with van der Waals surface area (Å²) in [6, 6.07) is 7.25. The maximum absolute atomic E-state index is 12.8. The summed E-state index contributed by atoms with van der Waals surface area (Å²) < 4.78 is 81.4. The van der Waals surface area contributed by atoms with E-state index in [0.29, 0.717) is 17.8 Å². The largest absolute Gasteiger partial charge is 0.457 e. The Morgan fingerprint density at radius 3 is 1.86 bits per heavy atom. The second kappa shape index (κ2) is 5.43. The molecule has 0 fully saturated rings. The van der Waals surface area contributed by atoms with Gasteiger partial charge in [-0.25, -0.2) is 0 Å². The van der Waals surface area contributed by atoms with E-state index in [1.807, 2.05) is 0 Å². The zero-order valence-corrected chi connectivity index (χ0v) is 10.8. The second-order valence-corrected chi connectivity index (χ2v) is 4.38. The quantitative estimate of drug-likeness (QED) is 0.617. The fraction of sp³-hybridized carbons (Fsp3) is 0.143. The van der Waals surface area contributed by atoms with Crippen molar-refractivity contribution >= 4 is 5.69 Å². The third-order valence-electron chi connectivity index (χ3n) is 2.70. The van der Waals surface area contributed by atoms with Crippen LogP contribution in [0.4, 0.5) is 32.0 Å². The van der Waals surface area contributed by atoms with Gasteiger partial charge in [0.25, 0.3) is 0 Å². The van der Waals surface area contributed by atoms with Crippen molar-refractivity contribution in [2.24, 2.45) is 0 Å². The molecule has 0 bridgehead atoms. The van der Waals surface area contributed by atoms with Crippen molar-refractivity contribution in [2.75, 3.05) is 5.73 Å². The number of alkyl halides is 6. The van der Waals surface area contributed by atoms with Gasteiger partial charge in [-0.2, -0.15) is 26.3 Å². The van der Waals surface area contributed by atoms with E-state index >= 15 is 0 Å². The van der Waals surface area contributed by atoms with Crippen LogP contribution in [0.25, 0.3) is 0 Å². The van der Waals surface area contributed by atoms with Crippen LogP contribution in [0.5, 0.6) is 11.5 Å². The molecule has 2 aromatic rings. The molecule has 2 aromatic carbocycles. The van der Waals surface area contributed by atoms with Gasteiger partial charge in [-0.1, -0.05) is 6.07 Å². The van der Waals surface area contributed by atoms with Gasteiger partial charge in [0.1, 0.15) is 11.5 Å². The summed E-state index contributed by atoms with van der Waals surface area (Å²) in [6.45, 7) is 0. The Morgan fingerprint density at radius 1 is 0.727 bits per heavy atom. The highest BCUT2D eigenvalue weighted by Crippen LogP contribution is 2.42. The van der Waals surface area contributed by atoms with Crippen molar-refractivity contribution in [3.05, 3.63) is 53.6 Å². The molecule has 0 aliphatic heterocycles. The summed E-state index contributed by atoms with van der Waals surface area (Å²) in [5, 5.41) is 0. The summed E-state index contributed by atoms with van der Waals surface area (Å²) in [5.74, 6) is -0.251. The van der Waals surface area contributed by atoms with E-state index in [4.69, 9.17) is 10.5 Å². The van der Waals surface area contributed by atoms with E-state index in [-0.39, 0.29) is 11.5 Å². The predicted octanol–water partition coefficient (Wildman–Crippen LogP) is 5.10. The van der Waals surface area contributed by atoms with Gasteiger partial charge in [0.05, 0.1) is 11.1 Å². The first-order valence-corrected chi connectivity index (χ1v) is 5.89. The van der Waals surface area contributed by atoms with E-state index in [9.17, 15) is 26.3 Å². The molecular formula is C14H9F6NO. The monoisotopic (exact) mass is 321 g/mol. The van der Waals surface area contributed by atoms with Crippen LogP contribution in [-0.2, 0) is 12.4 Å². The molecule has 0 aliphatic carbocycles. The van der Waals surface area contributed by atoms with Gasteiger partial charge >= 0.3 is 12.4 Å². The minimum absolute atomic E-state index is 0.118. The Balaban J connectivity index is 2.43. The van der Waals surface area contributed by atoms with Crippen molar-refractivity contribution in [3.63, 3.8) is 0 Å². The molecule has 118 valence electrons. The topological polar surface area (TPSA) is 35.2 Å². The molecule has 0 amide bonds. The first-order valence-electron chi connectivity index (χ1n) is 5.89. The average Bonchev–Trinajstić information content (AvgIpc) is 2.36. The Labute approximate surface area is 121 Å². The van der Waals surface area contributed by atoms with E-state index in [1.165, 1.54) is 24.3 Å². The van der Waals surface area contributed by atoms with Crippen molar-refractivity contribution in [1.29, 1.82) is 0 Å². The van der Waals surface area contributed by atoms with Crippen LogP contribution < -0.4 is 10.5 Å². The molecule has 22 heavy (non-hydrogen) atoms. The van der Waals surface area contributed by atoms with Crippen molar-refractivity contribution in [1.82, 2.24) is 0 Å². The molecule has 0 saturated heterocycles. The van der Waals surface area contributed by atoms with Gasteiger partial charge in [-0.15, -0.1) is 0 Å². The first kappa shape index (κ1) is 16.0. The number of hydrogen-bond acceptors (Lipinski definition) is 2. The lowest BCUT2D eigenvalue weighted by Gasteiger charge is -2.16. The lowest BCUT2D eigenvalue weighted by molar-refractivity contribution is -0.162. The van der Waals surface area contributed by atoms with E-state index in [1.54, 1.807) is 0 Å². The van der Waals surface area contributed by atoms with Gasteiger partial charge in [0.2, 0.25) is 0 Å². The minimum Gasteiger partial charge on any atom is -0.457 e. The maximum Gasteiger partial charge on any atom is 0.417 e. The number of nitrogens with two attached hydrogens (primary N) is 1. The maximum atomic E-state index is 12.8. The molecule has 0 aliphatic rings. The summed E-state index contributed by atoms with van der Waals surface area (Å²) >= 11 is 0. The van der Waals surface area contributed by atoms with Gasteiger partial charge in [0.15, 0.2) is 0 Å². The fourth-order valence-electron chi connectivity index (χ4n) is 1.78. The Morgan fingerprint density at radius 2 is 1.32 bits per heavy atom. The standard InChI is InChI=1S/C14H9F6NO/c15-13(16,17)11-5-4-10(7-12(11)14(18,19)20)22-9-3-1-2-8(21)6-9/h1-7H,21H2. The zero-order valence-electron chi connectivity index (χ0n) is 10.8. The minimum atomic E-state index is -5.15. The Bertz CT molecular complexity index is 678. The van der Waals surface area contributed by atoms with E-state index < -0.39 is 23.5 Å². The van der Waals surface area contributed by atoms with Crippen LogP contribution in [0.15, 0.2) is 42.5 Å². The molecule has 8 heteroatoms. The number of benzene rings is 2. The molecule has 0 aromatic heterocycles. The second-order valence-electron chi connectivity index (χ2n) is 4.38. The predicted molar refractivity (Wildman–Crippen MR) is 67.4 cm³/mol. The van der Waals surface area contributed by atoms with Gasteiger partial charge in [0, 0.05) is 11.8 Å². The van der Waals surface area contributed by atoms with E-state index in [0.717, 1.165) is 6.07 Å². The molecule has 0 unspecified atom stereocenters. The highest BCUT2D eigenvalue weighted by atomic mass is 19.4. The smallest absolute Gasteiger partial charge is 0.417 e. The number of rotatable bonds is 2. The molecule has 0 radical (unpaired) electrons. The van der Waals surface area contributed by atoms with Crippen molar-refractivity contribution in [2.45, 2.75) is 12.4 Å². The molecule has 2 rings (SSSR count). The average molecular weight is 321 g/mol. The Hall–Kier alpha value is -2.38. The van der Waals surface area contributed by atoms with E-state index in [2.05, 4.69) is 0 Å². The number of ether oxygens (including phenoxy) is 1. The number of anilines is 1. The highest BCUT2D eigenvalue weighted by Gasteiger charge is 2.43. The number of halogens is 6. The summed E-state index contributed by atoms with van der Waals surface area (Å²) in [7, 11) is 0. The summed E-state index contributed by atoms with van der Waals surface area (Å²) in [6.07, 6.45) is -10.3. The molecule has 0 saturated carbocycles. The third-order valence-corrected chi connectivity index (χ3v) is 2.70. The lowest BCUT2D eigenvalue weighted by Crippen LogP contribution is -2.16.